The number of ketones is 1. The Bertz CT molecular complexity index is 914. The lowest BCUT2D eigenvalue weighted by atomic mass is 9.95. The molecule has 0 saturated carbocycles. The van der Waals surface area contributed by atoms with Crippen LogP contribution in [-0.2, 0) is 4.79 Å². The SMILES string of the molecule is CCCOc1ccc(C2C(C(=O)c3ccco3)=C([O-])C(=O)N2CC[NH+](CC)CC)cc1. The van der Waals surface area contributed by atoms with Crippen LogP contribution in [-0.4, -0.2) is 49.4 Å². The number of benzene rings is 1. The number of carbonyl (C=O) groups excluding carboxylic acids is 2. The Labute approximate surface area is 182 Å². The first-order chi connectivity index (χ1) is 15.0. The highest BCUT2D eigenvalue weighted by Crippen LogP contribution is 2.38. The van der Waals surface area contributed by atoms with Crippen LogP contribution in [0.1, 0.15) is 49.4 Å². The molecule has 3 rings (SSSR count). The van der Waals surface area contributed by atoms with Gasteiger partial charge in [-0.25, -0.2) is 0 Å². The van der Waals surface area contributed by atoms with E-state index in [1.54, 1.807) is 18.2 Å². The van der Waals surface area contributed by atoms with E-state index < -0.39 is 23.5 Å². The lowest BCUT2D eigenvalue weighted by Crippen LogP contribution is -3.12. The van der Waals surface area contributed by atoms with Crippen LogP contribution < -0.4 is 14.7 Å². The smallest absolute Gasteiger partial charge is 0.240 e. The Morgan fingerprint density at radius 2 is 1.87 bits per heavy atom. The molecule has 2 aromatic rings. The van der Waals surface area contributed by atoms with Gasteiger partial charge in [0, 0.05) is 5.57 Å². The van der Waals surface area contributed by atoms with Crippen molar-refractivity contribution in [3.63, 3.8) is 0 Å². The van der Waals surface area contributed by atoms with Gasteiger partial charge in [0.15, 0.2) is 5.76 Å². The van der Waals surface area contributed by atoms with Crippen LogP contribution in [0, 0.1) is 0 Å². The Balaban J connectivity index is 1.95. The fourth-order valence-corrected chi connectivity index (χ4v) is 3.84. The number of amides is 1. The van der Waals surface area contributed by atoms with Crippen molar-refractivity contribution in [1.82, 2.24) is 4.90 Å². The highest BCUT2D eigenvalue weighted by Gasteiger charge is 2.40. The minimum absolute atomic E-state index is 0.0558. The molecule has 1 N–H and O–H groups in total. The second kappa shape index (κ2) is 10.3. The molecule has 1 aromatic heterocycles. The number of quaternary nitrogens is 1. The summed E-state index contributed by atoms with van der Waals surface area (Å²) in [5.41, 5.74) is 0.643. The molecule has 2 heterocycles. The summed E-state index contributed by atoms with van der Waals surface area (Å²) < 4.78 is 10.9. The summed E-state index contributed by atoms with van der Waals surface area (Å²) in [5, 5.41) is 12.9. The van der Waals surface area contributed by atoms with Gasteiger partial charge in [0.1, 0.15) is 5.75 Å². The van der Waals surface area contributed by atoms with E-state index in [1.807, 2.05) is 19.1 Å². The summed E-state index contributed by atoms with van der Waals surface area (Å²) in [6, 6.07) is 9.60. The predicted octanol–water partition coefficient (Wildman–Crippen LogP) is 1.37. The normalized spacial score (nSPS) is 16.5. The van der Waals surface area contributed by atoms with Crippen molar-refractivity contribution < 1.29 is 28.7 Å². The Morgan fingerprint density at radius 1 is 1.16 bits per heavy atom. The van der Waals surface area contributed by atoms with Gasteiger partial charge in [-0.05, 0) is 55.9 Å². The minimum atomic E-state index is -0.757. The number of furan rings is 1. The zero-order valence-electron chi connectivity index (χ0n) is 18.3. The fourth-order valence-electron chi connectivity index (χ4n) is 3.84. The quantitative estimate of drug-likeness (QED) is 0.549. The average molecular weight is 427 g/mol. The number of hydrogen-bond acceptors (Lipinski definition) is 5. The topological polar surface area (TPSA) is 87.2 Å². The third-order valence-corrected chi connectivity index (χ3v) is 5.65. The van der Waals surface area contributed by atoms with Crippen molar-refractivity contribution in [2.75, 3.05) is 32.8 Å². The average Bonchev–Trinajstić information content (AvgIpc) is 3.41. The Hall–Kier alpha value is -3.06. The molecule has 7 heteroatoms. The molecule has 0 bridgehead atoms. The Kier molecular flexibility index (Phi) is 7.52. The molecule has 166 valence electrons. The van der Waals surface area contributed by atoms with Crippen LogP contribution >= 0.6 is 0 Å². The van der Waals surface area contributed by atoms with Gasteiger partial charge in [0.2, 0.25) is 11.7 Å². The van der Waals surface area contributed by atoms with Gasteiger partial charge >= 0.3 is 0 Å². The number of likely N-dealkylation sites (N-methyl/N-ethyl adjacent to an activating group) is 1. The molecule has 0 radical (unpaired) electrons. The maximum absolute atomic E-state index is 13.1. The fraction of sp³-hybridized carbons (Fsp3) is 0.417. The van der Waals surface area contributed by atoms with Crippen molar-refractivity contribution in [1.29, 1.82) is 0 Å². The van der Waals surface area contributed by atoms with E-state index in [-0.39, 0.29) is 11.3 Å². The Morgan fingerprint density at radius 3 is 2.45 bits per heavy atom. The van der Waals surface area contributed by atoms with E-state index >= 15 is 0 Å². The molecular formula is C24H30N2O5. The number of Topliss-reactive ketones (excluding diaryl/α,β-unsaturated/α-hetero) is 1. The summed E-state index contributed by atoms with van der Waals surface area (Å²) >= 11 is 0. The van der Waals surface area contributed by atoms with Crippen molar-refractivity contribution in [3.8, 4) is 5.75 Å². The highest BCUT2D eigenvalue weighted by atomic mass is 16.5. The number of nitrogens with one attached hydrogen (secondary N) is 1. The first-order valence-corrected chi connectivity index (χ1v) is 10.9. The number of nitrogens with zero attached hydrogens (tertiary/aromatic N) is 1. The standard InChI is InChI=1S/C24H30N2O5/c1-4-15-30-18-11-9-17(10-12-18)21-20(22(27)19-8-7-16-31-19)23(28)24(29)26(21)14-13-25(5-2)6-3/h7-12,16,21,28H,4-6,13-15H2,1-3H3. The lowest BCUT2D eigenvalue weighted by molar-refractivity contribution is -0.895. The summed E-state index contributed by atoms with van der Waals surface area (Å²) in [4.78, 5) is 28.8. The van der Waals surface area contributed by atoms with Crippen molar-refractivity contribution in [2.45, 2.75) is 33.2 Å². The van der Waals surface area contributed by atoms with Crippen LogP contribution in [0.3, 0.4) is 0 Å². The summed E-state index contributed by atoms with van der Waals surface area (Å²) in [6.45, 7) is 9.72. The number of carbonyl (C=O) groups is 2. The zero-order chi connectivity index (χ0) is 22.4. The summed E-state index contributed by atoms with van der Waals surface area (Å²) in [7, 11) is 0. The van der Waals surface area contributed by atoms with Crippen LogP contribution in [0.5, 0.6) is 5.75 Å². The first kappa shape index (κ1) is 22.6. The highest BCUT2D eigenvalue weighted by molar-refractivity contribution is 6.14. The number of rotatable bonds is 11. The third-order valence-electron chi connectivity index (χ3n) is 5.65. The maximum Gasteiger partial charge on any atom is 0.240 e. The first-order valence-electron chi connectivity index (χ1n) is 10.9. The van der Waals surface area contributed by atoms with Gasteiger partial charge in [-0.3, -0.25) is 9.59 Å². The van der Waals surface area contributed by atoms with Gasteiger partial charge in [-0.1, -0.05) is 19.1 Å². The van der Waals surface area contributed by atoms with Crippen LogP contribution in [0.2, 0.25) is 0 Å². The van der Waals surface area contributed by atoms with E-state index in [0.717, 1.165) is 19.5 Å². The molecule has 7 nitrogen and oxygen atoms in total. The maximum atomic E-state index is 13.1. The molecule has 1 unspecified atom stereocenters. The lowest BCUT2D eigenvalue weighted by Gasteiger charge is -2.29. The van der Waals surface area contributed by atoms with Crippen molar-refractivity contribution in [2.24, 2.45) is 0 Å². The largest absolute Gasteiger partial charge is 0.868 e. The summed E-state index contributed by atoms with van der Waals surface area (Å²) in [6.07, 6.45) is 2.27. The van der Waals surface area contributed by atoms with E-state index in [2.05, 4.69) is 13.8 Å². The monoisotopic (exact) mass is 426 g/mol. The van der Waals surface area contributed by atoms with Crippen molar-refractivity contribution in [3.05, 3.63) is 65.3 Å². The van der Waals surface area contributed by atoms with Gasteiger partial charge in [0.25, 0.3) is 0 Å². The molecule has 1 aromatic carbocycles. The zero-order valence-corrected chi connectivity index (χ0v) is 18.3. The molecule has 0 saturated heterocycles. The molecule has 31 heavy (non-hydrogen) atoms. The van der Waals surface area contributed by atoms with E-state index in [9.17, 15) is 14.7 Å². The molecule has 0 fully saturated rings. The van der Waals surface area contributed by atoms with Gasteiger partial charge in [0.05, 0.1) is 45.1 Å². The van der Waals surface area contributed by atoms with Crippen molar-refractivity contribution >= 4 is 11.7 Å². The molecule has 1 aliphatic heterocycles. The molecule has 1 amide bonds. The molecule has 0 aliphatic carbocycles. The predicted molar refractivity (Wildman–Crippen MR) is 114 cm³/mol. The molecular weight excluding hydrogens is 396 g/mol. The van der Waals surface area contributed by atoms with Crippen LogP contribution in [0.4, 0.5) is 0 Å². The van der Waals surface area contributed by atoms with Gasteiger partial charge < -0.3 is 24.1 Å². The summed E-state index contributed by atoms with van der Waals surface area (Å²) in [5.74, 6) is -1.18. The molecule has 0 spiro atoms. The van der Waals surface area contributed by atoms with Crippen LogP contribution in [0.15, 0.2) is 58.4 Å². The molecule has 1 atom stereocenters. The van der Waals surface area contributed by atoms with E-state index in [1.165, 1.54) is 22.1 Å². The third kappa shape index (κ3) is 4.82. The molecule has 1 aliphatic rings. The second-order valence-electron chi connectivity index (χ2n) is 7.57. The number of ether oxygens (including phenoxy) is 1. The van der Waals surface area contributed by atoms with E-state index in [4.69, 9.17) is 9.15 Å². The van der Waals surface area contributed by atoms with Crippen LogP contribution in [0.25, 0.3) is 0 Å². The van der Waals surface area contributed by atoms with Gasteiger partial charge in [-0.15, -0.1) is 0 Å². The minimum Gasteiger partial charge on any atom is -0.868 e. The van der Waals surface area contributed by atoms with E-state index in [0.29, 0.717) is 31.0 Å². The number of hydrogen-bond donors (Lipinski definition) is 1. The van der Waals surface area contributed by atoms with Gasteiger partial charge in [-0.2, -0.15) is 0 Å². The second-order valence-corrected chi connectivity index (χ2v) is 7.57.